The standard InChI is InChI=1S/C19H21N3O7/c1-19(11-7-8-11)17(26)22(18(27)21-19)9-15(24)29-10-14(23)20-13-6-4-3-5-12(13)16(25)28-2/h3-6,11H,7-10H2,1-2H3,(H,20,23)(H,21,27)/t19-/m0/s1. The Morgan fingerprint density at radius 3 is 2.59 bits per heavy atom. The number of ether oxygens (including phenoxy) is 2. The van der Waals surface area contributed by atoms with E-state index < -0.39 is 48.5 Å². The number of urea groups is 1. The summed E-state index contributed by atoms with van der Waals surface area (Å²) in [5.41, 5.74) is -0.644. The first-order valence-electron chi connectivity index (χ1n) is 9.03. The van der Waals surface area contributed by atoms with Gasteiger partial charge in [-0.05, 0) is 37.8 Å². The predicted octanol–water partition coefficient (Wildman–Crippen LogP) is 0.675. The molecule has 2 aliphatic rings. The summed E-state index contributed by atoms with van der Waals surface area (Å²) in [7, 11) is 1.21. The van der Waals surface area contributed by atoms with E-state index in [0.717, 1.165) is 17.7 Å². The van der Waals surface area contributed by atoms with Crippen molar-refractivity contribution in [2.24, 2.45) is 5.92 Å². The Morgan fingerprint density at radius 2 is 1.93 bits per heavy atom. The maximum atomic E-state index is 12.5. The molecule has 1 aromatic rings. The maximum Gasteiger partial charge on any atom is 0.339 e. The molecular formula is C19H21N3O7. The third-order valence-electron chi connectivity index (χ3n) is 4.95. The van der Waals surface area contributed by atoms with Gasteiger partial charge in [0, 0.05) is 0 Å². The topological polar surface area (TPSA) is 131 Å². The Balaban J connectivity index is 1.52. The van der Waals surface area contributed by atoms with Gasteiger partial charge in [-0.1, -0.05) is 12.1 Å². The van der Waals surface area contributed by atoms with Gasteiger partial charge in [-0.25, -0.2) is 9.59 Å². The molecule has 1 heterocycles. The smallest absolute Gasteiger partial charge is 0.339 e. The predicted molar refractivity (Wildman–Crippen MR) is 98.7 cm³/mol. The molecule has 1 aliphatic heterocycles. The lowest BCUT2D eigenvalue weighted by atomic mass is 9.96. The van der Waals surface area contributed by atoms with Gasteiger partial charge in [0.25, 0.3) is 11.8 Å². The van der Waals surface area contributed by atoms with Crippen molar-refractivity contribution in [3.63, 3.8) is 0 Å². The van der Waals surface area contributed by atoms with Gasteiger partial charge in [0.1, 0.15) is 12.1 Å². The summed E-state index contributed by atoms with van der Waals surface area (Å²) < 4.78 is 9.50. The minimum atomic E-state index is -0.994. The molecule has 0 unspecified atom stereocenters. The molecule has 3 rings (SSSR count). The second-order valence-corrected chi connectivity index (χ2v) is 7.04. The summed E-state index contributed by atoms with van der Waals surface area (Å²) in [4.78, 5) is 61.1. The Labute approximate surface area is 166 Å². The fourth-order valence-corrected chi connectivity index (χ4v) is 3.18. The van der Waals surface area contributed by atoms with Crippen LogP contribution in [0.2, 0.25) is 0 Å². The van der Waals surface area contributed by atoms with Crippen LogP contribution < -0.4 is 10.6 Å². The number of para-hydroxylation sites is 1. The monoisotopic (exact) mass is 403 g/mol. The summed E-state index contributed by atoms with van der Waals surface area (Å²) in [6.07, 6.45) is 1.68. The lowest BCUT2D eigenvalue weighted by Crippen LogP contribution is -2.46. The lowest BCUT2D eigenvalue weighted by molar-refractivity contribution is -0.150. The molecule has 0 spiro atoms. The maximum absolute atomic E-state index is 12.5. The van der Waals surface area contributed by atoms with E-state index in [1.807, 2.05) is 0 Å². The third kappa shape index (κ3) is 4.20. The Kier molecular flexibility index (Phi) is 5.53. The van der Waals surface area contributed by atoms with Gasteiger partial charge in [0.2, 0.25) is 0 Å². The van der Waals surface area contributed by atoms with E-state index in [2.05, 4.69) is 15.4 Å². The van der Waals surface area contributed by atoms with Crippen LogP contribution in [0, 0.1) is 5.92 Å². The quantitative estimate of drug-likeness (QED) is 0.505. The highest BCUT2D eigenvalue weighted by molar-refractivity contribution is 6.09. The zero-order valence-corrected chi connectivity index (χ0v) is 16.0. The SMILES string of the molecule is COC(=O)c1ccccc1NC(=O)COC(=O)CN1C(=O)N[C@@](C)(C2CC2)C1=O. The summed E-state index contributed by atoms with van der Waals surface area (Å²) >= 11 is 0. The average molecular weight is 403 g/mol. The summed E-state index contributed by atoms with van der Waals surface area (Å²) in [5, 5.41) is 5.08. The number of nitrogens with zero attached hydrogens (tertiary/aromatic N) is 1. The highest BCUT2D eigenvalue weighted by Crippen LogP contribution is 2.42. The first-order chi connectivity index (χ1) is 13.8. The minimum absolute atomic E-state index is 0.0700. The molecular weight excluding hydrogens is 382 g/mol. The Hall–Kier alpha value is -3.43. The van der Waals surface area contributed by atoms with Crippen LogP contribution >= 0.6 is 0 Å². The zero-order valence-electron chi connectivity index (χ0n) is 16.0. The molecule has 2 N–H and O–H groups in total. The molecule has 1 saturated carbocycles. The summed E-state index contributed by atoms with van der Waals surface area (Å²) in [5.74, 6) is -2.62. The van der Waals surface area contributed by atoms with Crippen molar-refractivity contribution in [3.05, 3.63) is 29.8 Å². The molecule has 154 valence electrons. The molecule has 1 aromatic carbocycles. The van der Waals surface area contributed by atoms with Crippen molar-refractivity contribution < 1.29 is 33.4 Å². The molecule has 10 nitrogen and oxygen atoms in total. The second-order valence-electron chi connectivity index (χ2n) is 7.04. The van der Waals surface area contributed by atoms with Crippen LogP contribution in [0.15, 0.2) is 24.3 Å². The lowest BCUT2D eigenvalue weighted by Gasteiger charge is -2.20. The summed E-state index contributed by atoms with van der Waals surface area (Å²) in [6.45, 7) is 0.416. The molecule has 1 aliphatic carbocycles. The molecule has 10 heteroatoms. The molecule has 1 atom stereocenters. The van der Waals surface area contributed by atoms with Gasteiger partial charge < -0.3 is 20.1 Å². The van der Waals surface area contributed by atoms with Crippen LogP contribution in [-0.2, 0) is 23.9 Å². The van der Waals surface area contributed by atoms with E-state index in [-0.39, 0.29) is 17.2 Å². The third-order valence-corrected chi connectivity index (χ3v) is 4.95. The number of esters is 2. The minimum Gasteiger partial charge on any atom is -0.465 e. The second kappa shape index (κ2) is 7.90. The van der Waals surface area contributed by atoms with Gasteiger partial charge in [-0.15, -0.1) is 0 Å². The number of hydrogen-bond acceptors (Lipinski definition) is 7. The van der Waals surface area contributed by atoms with Crippen LogP contribution in [0.1, 0.15) is 30.1 Å². The highest BCUT2D eigenvalue weighted by Gasteiger charge is 2.56. The molecule has 29 heavy (non-hydrogen) atoms. The van der Waals surface area contributed by atoms with Gasteiger partial charge in [0.15, 0.2) is 6.61 Å². The van der Waals surface area contributed by atoms with E-state index in [1.165, 1.54) is 19.2 Å². The first-order valence-corrected chi connectivity index (χ1v) is 9.03. The van der Waals surface area contributed by atoms with E-state index in [9.17, 15) is 24.0 Å². The van der Waals surface area contributed by atoms with Gasteiger partial charge in [-0.3, -0.25) is 19.3 Å². The number of anilines is 1. The number of carbonyl (C=O) groups excluding carboxylic acids is 5. The van der Waals surface area contributed by atoms with E-state index >= 15 is 0 Å². The van der Waals surface area contributed by atoms with Crippen LogP contribution in [0.3, 0.4) is 0 Å². The molecule has 0 bridgehead atoms. The van der Waals surface area contributed by atoms with Gasteiger partial charge in [0.05, 0.1) is 18.4 Å². The first kappa shape index (κ1) is 20.3. The summed E-state index contributed by atoms with van der Waals surface area (Å²) in [6, 6.07) is 5.54. The largest absolute Gasteiger partial charge is 0.465 e. The van der Waals surface area contributed by atoms with Crippen molar-refractivity contribution in [1.82, 2.24) is 10.2 Å². The van der Waals surface area contributed by atoms with Crippen molar-refractivity contribution in [3.8, 4) is 0 Å². The number of nitrogens with one attached hydrogen (secondary N) is 2. The Morgan fingerprint density at radius 1 is 1.24 bits per heavy atom. The number of hydrogen-bond donors (Lipinski definition) is 2. The van der Waals surface area contributed by atoms with Crippen LogP contribution in [-0.4, -0.2) is 60.5 Å². The highest BCUT2D eigenvalue weighted by atomic mass is 16.5. The number of carbonyl (C=O) groups is 5. The van der Waals surface area contributed by atoms with Crippen LogP contribution in [0.4, 0.5) is 10.5 Å². The number of imide groups is 1. The van der Waals surface area contributed by atoms with Crippen molar-refractivity contribution >= 4 is 35.5 Å². The fourth-order valence-electron chi connectivity index (χ4n) is 3.18. The zero-order chi connectivity index (χ0) is 21.2. The molecule has 4 amide bonds. The molecule has 2 fully saturated rings. The molecule has 1 saturated heterocycles. The van der Waals surface area contributed by atoms with Crippen LogP contribution in [0.5, 0.6) is 0 Å². The van der Waals surface area contributed by atoms with Crippen molar-refractivity contribution in [2.75, 3.05) is 25.6 Å². The van der Waals surface area contributed by atoms with E-state index in [4.69, 9.17) is 4.74 Å². The van der Waals surface area contributed by atoms with Crippen molar-refractivity contribution in [2.45, 2.75) is 25.3 Å². The number of benzene rings is 1. The van der Waals surface area contributed by atoms with Gasteiger partial charge in [-0.2, -0.15) is 0 Å². The van der Waals surface area contributed by atoms with E-state index in [0.29, 0.717) is 0 Å². The number of amides is 4. The molecule has 0 aromatic heterocycles. The Bertz CT molecular complexity index is 880. The number of methoxy groups -OCH3 is 1. The van der Waals surface area contributed by atoms with E-state index in [1.54, 1.807) is 19.1 Å². The number of rotatable bonds is 7. The normalized spacial score (nSPS) is 20.8. The fraction of sp³-hybridized carbons (Fsp3) is 0.421. The van der Waals surface area contributed by atoms with Crippen LogP contribution in [0.25, 0.3) is 0 Å². The average Bonchev–Trinajstić information content (AvgIpc) is 3.52. The van der Waals surface area contributed by atoms with Gasteiger partial charge >= 0.3 is 18.0 Å². The molecule has 0 radical (unpaired) electrons. The van der Waals surface area contributed by atoms with Crippen molar-refractivity contribution in [1.29, 1.82) is 0 Å².